The number of halogens is 2. The smallest absolute Gasteiger partial charge is 0.546 e. The van der Waals surface area contributed by atoms with Gasteiger partial charge in [-0.2, -0.15) is 0 Å². The molecule has 0 aromatic heterocycles. The van der Waals surface area contributed by atoms with E-state index in [4.69, 9.17) is 33.0 Å². The maximum atomic E-state index is 12.1. The molecule has 0 spiro atoms. The van der Waals surface area contributed by atoms with E-state index in [1.165, 1.54) is 12.1 Å². The van der Waals surface area contributed by atoms with Gasteiger partial charge in [0.15, 0.2) is 5.78 Å². The molecule has 0 aliphatic carbocycles. The molecule has 21 heavy (non-hydrogen) atoms. The van der Waals surface area contributed by atoms with Gasteiger partial charge in [0.1, 0.15) is 17.4 Å². The number of aliphatic hydroxyl groups is 1. The number of hydrogen-bond acceptors (Lipinski definition) is 5. The molecule has 0 heterocycles. The van der Waals surface area contributed by atoms with Gasteiger partial charge in [-0.05, 0) is 18.6 Å². The third-order valence-corrected chi connectivity index (χ3v) is 3.61. The maximum absolute atomic E-state index is 12.1. The number of rotatable bonds is 7. The van der Waals surface area contributed by atoms with Crippen LogP contribution in [0.5, 0.6) is 5.75 Å². The second-order valence-electron chi connectivity index (χ2n) is 4.05. The fourth-order valence-corrected chi connectivity index (χ4v) is 2.06. The third kappa shape index (κ3) is 5.80. The van der Waals surface area contributed by atoms with Crippen molar-refractivity contribution in [1.29, 1.82) is 0 Å². The van der Waals surface area contributed by atoms with Crippen LogP contribution in [0.3, 0.4) is 0 Å². The van der Waals surface area contributed by atoms with Crippen LogP contribution in [-0.4, -0.2) is 30.1 Å². The second kappa shape index (κ2) is 10.2. The number of ketones is 1. The summed E-state index contributed by atoms with van der Waals surface area (Å²) in [5, 5.41) is 19.4. The Morgan fingerprint density at radius 1 is 1.33 bits per heavy atom. The van der Waals surface area contributed by atoms with Gasteiger partial charge in [0, 0.05) is 11.5 Å². The monoisotopic (exact) mass is 358 g/mol. The topological polar surface area (TPSA) is 86.7 Å². The van der Waals surface area contributed by atoms with Crippen molar-refractivity contribution in [3.8, 4) is 5.75 Å². The largest absolute Gasteiger partial charge is 1.00 e. The van der Waals surface area contributed by atoms with E-state index in [-0.39, 0.29) is 85.1 Å². The van der Waals surface area contributed by atoms with Crippen molar-refractivity contribution in [2.75, 3.05) is 13.2 Å². The van der Waals surface area contributed by atoms with Crippen LogP contribution in [0.25, 0.3) is 0 Å². The number of carboxylic acid groups (broad SMARTS) is 1. The summed E-state index contributed by atoms with van der Waals surface area (Å²) in [6.45, 7) is 0.815. The summed E-state index contributed by atoms with van der Waals surface area (Å²) in [6.07, 6.45) is 0.465. The minimum absolute atomic E-state index is 0. The summed E-state index contributed by atoms with van der Waals surface area (Å²) in [6, 6.07) is 2.74. The van der Waals surface area contributed by atoms with E-state index >= 15 is 0 Å². The van der Waals surface area contributed by atoms with Gasteiger partial charge in [0.05, 0.1) is 17.6 Å². The Bertz CT molecular complexity index is 518. The Morgan fingerprint density at radius 2 is 1.95 bits per heavy atom. The zero-order chi connectivity index (χ0) is 15.3. The van der Waals surface area contributed by atoms with Crippen LogP contribution in [0.4, 0.5) is 0 Å². The van der Waals surface area contributed by atoms with Crippen LogP contribution in [-0.2, 0) is 4.79 Å². The van der Waals surface area contributed by atoms with Crippen LogP contribution < -0.4 is 61.2 Å². The van der Waals surface area contributed by atoms with Crippen LogP contribution in [0.15, 0.2) is 12.1 Å². The fraction of sp³-hybridized carbons (Fsp3) is 0.385. The molecule has 1 N–H and O–H groups in total. The summed E-state index contributed by atoms with van der Waals surface area (Å²) < 4.78 is 4.89. The number of aliphatic carboxylic acids is 1. The predicted octanol–water partition coefficient (Wildman–Crippen LogP) is -1.67. The molecule has 0 amide bonds. The molecule has 0 aliphatic rings. The molecule has 0 fully saturated rings. The summed E-state index contributed by atoms with van der Waals surface area (Å²) in [5.74, 6) is -2.23. The van der Waals surface area contributed by atoms with Gasteiger partial charge < -0.3 is 19.7 Å². The molecule has 0 saturated carbocycles. The third-order valence-electron chi connectivity index (χ3n) is 2.74. The van der Waals surface area contributed by atoms with E-state index in [9.17, 15) is 14.7 Å². The zero-order valence-electron chi connectivity index (χ0n) is 11.7. The van der Waals surface area contributed by atoms with Gasteiger partial charge in [-0.25, -0.2) is 0 Å². The van der Waals surface area contributed by atoms with Crippen LogP contribution in [0, 0.1) is 5.92 Å². The van der Waals surface area contributed by atoms with Gasteiger partial charge in [0.25, 0.3) is 0 Å². The Balaban J connectivity index is 0.00000400. The van der Waals surface area contributed by atoms with E-state index in [0.717, 1.165) is 0 Å². The number of hydrogen-bond donors (Lipinski definition) is 1. The van der Waals surface area contributed by atoms with Crippen molar-refractivity contribution in [2.24, 2.45) is 5.92 Å². The maximum Gasteiger partial charge on any atom is 1.00 e. The molecule has 5 nitrogen and oxygen atoms in total. The fourth-order valence-electron chi connectivity index (χ4n) is 1.59. The number of carbonyl (C=O) groups excluding carboxylic acids is 2. The SMILES string of the molecule is CCC(CO)C(=O)c1ccc(OCC(=O)[O-])c(Cl)c1Cl.[K+]. The standard InChI is InChI=1S/C13H14Cl2O5.K/c1-2-7(5-16)13(19)8-3-4-9(12(15)11(8)14)20-6-10(17)18;/h3-4,7,16H,2,5-6H2,1H3,(H,17,18);/q;+1/p-1. The Morgan fingerprint density at radius 3 is 2.43 bits per heavy atom. The van der Waals surface area contributed by atoms with Crippen LogP contribution in [0.2, 0.25) is 10.0 Å². The zero-order valence-corrected chi connectivity index (χ0v) is 16.3. The van der Waals surface area contributed by atoms with Gasteiger partial charge in [-0.15, -0.1) is 0 Å². The first-order valence-corrected chi connectivity index (χ1v) is 6.63. The molecule has 1 rings (SSSR count). The number of carbonyl (C=O) groups is 2. The first-order chi connectivity index (χ1) is 9.42. The number of Topliss-reactive ketones (excluding diaryl/α,β-unsaturated/α-hetero) is 1. The first kappa shape index (κ1) is 21.3. The molecule has 0 saturated heterocycles. The normalized spacial score (nSPS) is 11.4. The summed E-state index contributed by atoms with van der Waals surface area (Å²) in [7, 11) is 0. The minimum Gasteiger partial charge on any atom is -0.546 e. The van der Waals surface area contributed by atoms with E-state index in [0.29, 0.717) is 6.42 Å². The molecule has 1 aromatic carbocycles. The molecular weight excluding hydrogens is 346 g/mol. The number of aliphatic hydroxyl groups excluding tert-OH is 1. The van der Waals surface area contributed by atoms with E-state index in [1.54, 1.807) is 6.92 Å². The average Bonchev–Trinajstić information content (AvgIpc) is 2.41. The molecule has 1 aromatic rings. The molecular formula is C13H13Cl2KO5. The Kier molecular flexibility index (Phi) is 10.3. The van der Waals surface area contributed by atoms with E-state index in [1.807, 2.05) is 0 Å². The summed E-state index contributed by atoms with van der Waals surface area (Å²) in [5.41, 5.74) is 0.165. The van der Waals surface area contributed by atoms with Crippen molar-refractivity contribution in [3.05, 3.63) is 27.7 Å². The molecule has 0 aliphatic heterocycles. The first-order valence-electron chi connectivity index (χ1n) is 5.88. The number of carboxylic acids is 1. The molecule has 0 bridgehead atoms. The average molecular weight is 359 g/mol. The van der Waals surface area contributed by atoms with Crippen molar-refractivity contribution in [1.82, 2.24) is 0 Å². The predicted molar refractivity (Wildman–Crippen MR) is 72.2 cm³/mol. The molecule has 1 atom stereocenters. The van der Waals surface area contributed by atoms with Gasteiger partial charge in [-0.3, -0.25) is 4.79 Å². The van der Waals surface area contributed by atoms with Crippen molar-refractivity contribution in [3.63, 3.8) is 0 Å². The number of ether oxygens (including phenoxy) is 1. The number of benzene rings is 1. The second-order valence-corrected chi connectivity index (χ2v) is 4.81. The summed E-state index contributed by atoms with van der Waals surface area (Å²) >= 11 is 11.9. The van der Waals surface area contributed by atoms with Crippen molar-refractivity contribution < 1.29 is 75.9 Å². The molecule has 110 valence electrons. The molecule has 8 heteroatoms. The van der Waals surface area contributed by atoms with E-state index in [2.05, 4.69) is 0 Å². The minimum atomic E-state index is -1.40. The van der Waals surface area contributed by atoms with E-state index < -0.39 is 18.5 Å². The Labute approximate surface area is 175 Å². The van der Waals surface area contributed by atoms with Gasteiger partial charge in [0.2, 0.25) is 0 Å². The molecule has 0 radical (unpaired) electrons. The van der Waals surface area contributed by atoms with Crippen LogP contribution in [0.1, 0.15) is 23.7 Å². The van der Waals surface area contributed by atoms with Crippen molar-refractivity contribution >= 4 is 35.0 Å². The van der Waals surface area contributed by atoms with Gasteiger partial charge >= 0.3 is 51.4 Å². The Hall–Kier alpha value is 0.336. The van der Waals surface area contributed by atoms with Gasteiger partial charge in [-0.1, -0.05) is 30.1 Å². The summed E-state index contributed by atoms with van der Waals surface area (Å²) in [4.78, 5) is 22.4. The van der Waals surface area contributed by atoms with Crippen molar-refractivity contribution in [2.45, 2.75) is 13.3 Å². The van der Waals surface area contributed by atoms with Crippen LogP contribution >= 0.6 is 23.2 Å². The quantitative estimate of drug-likeness (QED) is 0.465. The molecule has 1 unspecified atom stereocenters.